The zero-order valence-electron chi connectivity index (χ0n) is 31.7. The Morgan fingerprint density at radius 2 is 0.933 bits per heavy atom. The summed E-state index contributed by atoms with van der Waals surface area (Å²) in [5.74, 6) is -0.0858. The Labute approximate surface area is 398 Å². The largest absolute Gasteiger partial charge is 1.00 e. The van der Waals surface area contributed by atoms with Crippen LogP contribution in [0.2, 0.25) is 10.6 Å². The van der Waals surface area contributed by atoms with E-state index in [1.807, 2.05) is 12.1 Å². The molecule has 2 heterocycles. The molecule has 18 nitrogen and oxygen atoms in total. The van der Waals surface area contributed by atoms with E-state index in [4.69, 9.17) is 23.2 Å². The number of nitrogens with one attached hydrogen (secondary N) is 2. The van der Waals surface area contributed by atoms with Gasteiger partial charge < -0.3 is 39.8 Å². The predicted octanol–water partition coefficient (Wildman–Crippen LogP) is -0.902. The molecule has 0 unspecified atom stereocenters. The summed E-state index contributed by atoms with van der Waals surface area (Å²) in [6, 6.07) is 25.2. The van der Waals surface area contributed by atoms with Gasteiger partial charge in [0.2, 0.25) is 34.4 Å². The summed E-state index contributed by atoms with van der Waals surface area (Å²) in [6.07, 6.45) is 2.32. The standard InChI is InChI=1S/C36H32Cl2N10O8S2.2Na/c37-31-41-33(45-35(43-31)47(17-19-49)27-7-3-1-4-8-27)39-25-15-13-23(29(21-25)57(51,52)53)11-12-24-14-16-26(22-30(24)58(54,55)56)40-34-42-32(38)44-36(46-34)48(18-20-50)28-9-5-2-6-10-28;;/h1-16,21-22,49-50H,17-20H2,(H,51,52,53)(H,54,55,56)(H,39,41,43,45)(H,40,42,44,46);;/q;2*+1/p-2/b12-11+;;. The van der Waals surface area contributed by atoms with E-state index >= 15 is 0 Å². The number of benzene rings is 4. The molecule has 0 saturated heterocycles. The first-order chi connectivity index (χ1) is 27.7. The zero-order chi connectivity index (χ0) is 41.5. The van der Waals surface area contributed by atoms with Gasteiger partial charge in [0.1, 0.15) is 20.2 Å². The van der Waals surface area contributed by atoms with Gasteiger partial charge in [-0.3, -0.25) is 0 Å². The number of aromatic nitrogens is 6. The molecule has 60 heavy (non-hydrogen) atoms. The van der Waals surface area contributed by atoms with Crippen LogP contribution in [0.25, 0.3) is 12.2 Å². The van der Waals surface area contributed by atoms with Crippen molar-refractivity contribution >= 4 is 102 Å². The molecule has 2 aromatic heterocycles. The third-order valence-electron chi connectivity index (χ3n) is 7.98. The molecule has 0 aliphatic carbocycles. The molecular weight excluding hydrogens is 881 g/mol. The van der Waals surface area contributed by atoms with E-state index in [0.717, 1.165) is 24.3 Å². The first kappa shape index (κ1) is 48.8. The van der Waals surface area contributed by atoms with Gasteiger partial charge in [0.25, 0.3) is 0 Å². The van der Waals surface area contributed by atoms with Gasteiger partial charge in [-0.05, 0) is 82.9 Å². The third kappa shape index (κ3) is 12.8. The average molecular weight is 912 g/mol. The minimum Gasteiger partial charge on any atom is -0.744 e. The van der Waals surface area contributed by atoms with Crippen LogP contribution >= 0.6 is 23.2 Å². The van der Waals surface area contributed by atoms with Gasteiger partial charge in [0, 0.05) is 35.8 Å². The summed E-state index contributed by atoms with van der Waals surface area (Å²) >= 11 is 12.4. The fourth-order valence-electron chi connectivity index (χ4n) is 5.51. The van der Waals surface area contributed by atoms with Crippen molar-refractivity contribution in [3.8, 4) is 0 Å². The number of hydrogen-bond donors (Lipinski definition) is 4. The number of anilines is 8. The van der Waals surface area contributed by atoms with E-state index in [0.29, 0.717) is 11.4 Å². The van der Waals surface area contributed by atoms with Gasteiger partial charge in [-0.15, -0.1) is 0 Å². The number of rotatable bonds is 16. The summed E-state index contributed by atoms with van der Waals surface area (Å²) in [5, 5.41) is 24.5. The average Bonchev–Trinajstić information content (AvgIpc) is 3.18. The third-order valence-corrected chi connectivity index (χ3v) is 10.1. The van der Waals surface area contributed by atoms with Crippen LogP contribution in [-0.2, 0) is 20.2 Å². The molecule has 0 radical (unpaired) electrons. The van der Waals surface area contributed by atoms with Gasteiger partial charge in [0.15, 0.2) is 0 Å². The van der Waals surface area contributed by atoms with Gasteiger partial charge >= 0.3 is 59.1 Å². The van der Waals surface area contributed by atoms with Crippen molar-refractivity contribution < 1.29 is 95.3 Å². The zero-order valence-corrected chi connectivity index (χ0v) is 38.9. The molecule has 4 aromatic carbocycles. The van der Waals surface area contributed by atoms with Crippen LogP contribution in [0.3, 0.4) is 0 Å². The summed E-state index contributed by atoms with van der Waals surface area (Å²) in [6.45, 7) is -0.288. The van der Waals surface area contributed by atoms with Gasteiger partial charge in [0.05, 0.1) is 23.0 Å². The molecule has 24 heteroatoms. The number of aliphatic hydroxyl groups excluding tert-OH is 2. The molecule has 6 rings (SSSR count). The maximum absolute atomic E-state index is 12.4. The molecule has 0 amide bonds. The van der Waals surface area contributed by atoms with Crippen LogP contribution in [0.5, 0.6) is 0 Å². The Morgan fingerprint density at radius 3 is 1.27 bits per heavy atom. The second-order valence-corrected chi connectivity index (χ2v) is 15.2. The Morgan fingerprint density at radius 1 is 0.567 bits per heavy atom. The second kappa shape index (κ2) is 21.8. The number of hydrogen-bond acceptors (Lipinski definition) is 18. The second-order valence-electron chi connectivity index (χ2n) is 11.9. The summed E-state index contributed by atoms with van der Waals surface area (Å²) in [5.41, 5.74) is 1.15. The first-order valence-corrected chi connectivity index (χ1v) is 20.4. The Balaban J connectivity index is 0.00000397. The van der Waals surface area contributed by atoms with E-state index < -0.39 is 30.0 Å². The monoisotopic (exact) mass is 910 g/mol. The summed E-state index contributed by atoms with van der Waals surface area (Å²) < 4.78 is 74.7. The maximum Gasteiger partial charge on any atom is 1.00 e. The minimum atomic E-state index is -5.13. The first-order valence-electron chi connectivity index (χ1n) is 16.8. The molecule has 0 aliphatic rings. The van der Waals surface area contributed by atoms with Crippen molar-refractivity contribution in [1.82, 2.24) is 29.9 Å². The van der Waals surface area contributed by atoms with E-state index in [-0.39, 0.29) is 142 Å². The van der Waals surface area contributed by atoms with Crippen molar-refractivity contribution in [3.05, 3.63) is 119 Å². The van der Waals surface area contributed by atoms with Crippen molar-refractivity contribution in [2.45, 2.75) is 9.79 Å². The molecule has 0 spiro atoms. The van der Waals surface area contributed by atoms with Crippen LogP contribution in [0, 0.1) is 0 Å². The molecule has 6 aromatic rings. The molecule has 0 aliphatic heterocycles. The van der Waals surface area contributed by atoms with Gasteiger partial charge in [-0.2, -0.15) is 29.9 Å². The van der Waals surface area contributed by atoms with Crippen LogP contribution in [0.15, 0.2) is 107 Å². The van der Waals surface area contributed by atoms with E-state index in [9.17, 15) is 36.2 Å². The van der Waals surface area contributed by atoms with Crippen molar-refractivity contribution in [3.63, 3.8) is 0 Å². The Bertz CT molecular complexity index is 2500. The van der Waals surface area contributed by atoms with Gasteiger partial charge in [-0.1, -0.05) is 60.7 Å². The molecule has 0 bridgehead atoms. The smallest absolute Gasteiger partial charge is 0.744 e. The Hall–Kier alpha value is -3.84. The minimum absolute atomic E-state index is 0. The predicted molar refractivity (Wildman–Crippen MR) is 215 cm³/mol. The maximum atomic E-state index is 12.4. The SMILES string of the molecule is O=S(=O)([O-])c1cc(Nc2nc(Cl)nc(N(CCO)c3ccccc3)n2)ccc1/C=C/c1ccc(Nc2nc(Cl)nc(N(CCO)c3ccccc3)n2)cc1S(=O)(=O)[O-].[Na+].[Na+]. The van der Waals surface area contributed by atoms with Crippen molar-refractivity contribution in [1.29, 1.82) is 0 Å². The Kier molecular flexibility index (Phi) is 17.7. The fraction of sp³-hybridized carbons (Fsp3) is 0.111. The fourth-order valence-corrected chi connectivity index (χ4v) is 7.21. The van der Waals surface area contributed by atoms with Crippen molar-refractivity contribution in [2.24, 2.45) is 0 Å². The number of aliphatic hydroxyl groups is 2. The molecule has 300 valence electrons. The molecule has 0 fully saturated rings. The number of nitrogens with zero attached hydrogens (tertiary/aromatic N) is 8. The molecule has 0 saturated carbocycles. The normalized spacial score (nSPS) is 11.4. The van der Waals surface area contributed by atoms with E-state index in [1.54, 1.807) is 58.3 Å². The van der Waals surface area contributed by atoms with Crippen LogP contribution in [0.4, 0.5) is 46.5 Å². The van der Waals surface area contributed by atoms with Crippen LogP contribution in [0.1, 0.15) is 11.1 Å². The number of halogens is 2. The quantitative estimate of drug-likeness (QED) is 0.0521. The summed E-state index contributed by atoms with van der Waals surface area (Å²) in [7, 11) is -10.3. The van der Waals surface area contributed by atoms with Crippen LogP contribution in [-0.4, -0.2) is 92.4 Å². The van der Waals surface area contributed by atoms with Crippen LogP contribution < -0.4 is 79.5 Å². The topological polar surface area (TPSA) is 263 Å². The van der Waals surface area contributed by atoms with E-state index in [2.05, 4.69) is 40.5 Å². The van der Waals surface area contributed by atoms with E-state index in [1.165, 1.54) is 24.3 Å². The molecular formula is C36H30Cl2N10Na2O8S2. The molecule has 0 atom stereocenters. The van der Waals surface area contributed by atoms with Gasteiger partial charge in [-0.25, -0.2) is 16.8 Å². The number of para-hydroxylation sites is 2. The summed E-state index contributed by atoms with van der Waals surface area (Å²) in [4.78, 5) is 26.8. The molecule has 4 N–H and O–H groups in total. The van der Waals surface area contributed by atoms with Crippen molar-refractivity contribution in [2.75, 3.05) is 46.7 Å².